The molecule has 5 heteroatoms. The van der Waals surface area contributed by atoms with Crippen molar-refractivity contribution >= 4 is 11.6 Å². The number of hydrogen-bond donors (Lipinski definition) is 0. The predicted molar refractivity (Wildman–Crippen MR) is 67.7 cm³/mol. The van der Waals surface area contributed by atoms with Gasteiger partial charge in [0.1, 0.15) is 0 Å². The van der Waals surface area contributed by atoms with E-state index in [0.717, 1.165) is 30.0 Å². The van der Waals surface area contributed by atoms with Gasteiger partial charge in [-0.15, -0.1) is 0 Å². The van der Waals surface area contributed by atoms with Crippen LogP contribution in [0.3, 0.4) is 0 Å². The van der Waals surface area contributed by atoms with E-state index in [1.54, 1.807) is 0 Å². The van der Waals surface area contributed by atoms with Crippen LogP contribution in [0.1, 0.15) is 23.7 Å². The van der Waals surface area contributed by atoms with E-state index in [-0.39, 0.29) is 5.92 Å². The molecule has 0 bridgehead atoms. The molecule has 0 aliphatic carbocycles. The van der Waals surface area contributed by atoms with Crippen molar-refractivity contribution in [3.63, 3.8) is 0 Å². The Bertz CT molecular complexity index is 562. The number of aryl methyl sites for hydroxylation is 1. The second-order valence-electron chi connectivity index (χ2n) is 4.48. The van der Waals surface area contributed by atoms with Gasteiger partial charge in [-0.05, 0) is 31.0 Å². The summed E-state index contributed by atoms with van der Waals surface area (Å²) < 4.78 is 10.6. The van der Waals surface area contributed by atoms with Gasteiger partial charge >= 0.3 is 0 Å². The molecule has 3 rings (SSSR count). The fraction of sp³-hybridized carbons (Fsp3) is 0.385. The first-order chi connectivity index (χ1) is 8.74. The fourth-order valence-electron chi connectivity index (χ4n) is 1.98. The standard InChI is InChI=1S/C13H13ClN2O2/c1-8-2-3-9(6-11(8)14)13-15-12(16-18-13)10-4-5-17-7-10/h2-3,6,10H,4-5,7H2,1H3/t10-/m1/s1. The van der Waals surface area contributed by atoms with E-state index >= 15 is 0 Å². The molecule has 1 aromatic heterocycles. The van der Waals surface area contributed by atoms with Gasteiger partial charge in [0.25, 0.3) is 5.89 Å². The Hall–Kier alpha value is -1.39. The number of nitrogens with zero attached hydrogens (tertiary/aromatic N) is 2. The average Bonchev–Trinajstić information content (AvgIpc) is 3.01. The van der Waals surface area contributed by atoms with Crippen molar-refractivity contribution < 1.29 is 9.26 Å². The third kappa shape index (κ3) is 2.13. The van der Waals surface area contributed by atoms with Crippen LogP contribution in [-0.2, 0) is 4.74 Å². The lowest BCUT2D eigenvalue weighted by atomic mass is 10.1. The monoisotopic (exact) mass is 264 g/mol. The second-order valence-corrected chi connectivity index (χ2v) is 4.89. The van der Waals surface area contributed by atoms with Gasteiger partial charge in [-0.2, -0.15) is 4.98 Å². The molecule has 1 aromatic carbocycles. The average molecular weight is 265 g/mol. The van der Waals surface area contributed by atoms with Crippen molar-refractivity contribution in [2.45, 2.75) is 19.3 Å². The quantitative estimate of drug-likeness (QED) is 0.836. The summed E-state index contributed by atoms with van der Waals surface area (Å²) in [5.74, 6) is 1.49. The van der Waals surface area contributed by atoms with E-state index in [0.29, 0.717) is 17.5 Å². The molecule has 0 spiro atoms. The Morgan fingerprint density at radius 3 is 3.00 bits per heavy atom. The maximum atomic E-state index is 6.09. The molecule has 0 saturated carbocycles. The first kappa shape index (κ1) is 11.7. The first-order valence-corrected chi connectivity index (χ1v) is 6.30. The number of rotatable bonds is 2. The normalized spacial score (nSPS) is 19.3. The number of halogens is 1. The van der Waals surface area contributed by atoms with Crippen LogP contribution < -0.4 is 0 Å². The van der Waals surface area contributed by atoms with Crippen LogP contribution in [0.25, 0.3) is 11.5 Å². The van der Waals surface area contributed by atoms with Gasteiger partial charge in [0.05, 0.1) is 6.61 Å². The lowest BCUT2D eigenvalue weighted by molar-refractivity contribution is 0.192. The largest absolute Gasteiger partial charge is 0.381 e. The van der Waals surface area contributed by atoms with Gasteiger partial charge in [0.2, 0.25) is 0 Å². The summed E-state index contributed by atoms with van der Waals surface area (Å²) in [6, 6.07) is 5.73. The molecule has 0 unspecified atom stereocenters. The van der Waals surface area contributed by atoms with Crippen molar-refractivity contribution in [1.29, 1.82) is 0 Å². The van der Waals surface area contributed by atoms with Crippen molar-refractivity contribution in [3.8, 4) is 11.5 Å². The van der Waals surface area contributed by atoms with Crippen LogP contribution in [0.2, 0.25) is 5.02 Å². The highest BCUT2D eigenvalue weighted by Gasteiger charge is 2.23. The zero-order chi connectivity index (χ0) is 12.5. The van der Waals surface area contributed by atoms with Crippen LogP contribution in [0.4, 0.5) is 0 Å². The third-order valence-electron chi connectivity index (χ3n) is 3.16. The smallest absolute Gasteiger partial charge is 0.257 e. The lowest BCUT2D eigenvalue weighted by Gasteiger charge is -1.99. The van der Waals surface area contributed by atoms with Gasteiger partial charge in [0, 0.05) is 23.1 Å². The van der Waals surface area contributed by atoms with Crippen LogP contribution in [0.5, 0.6) is 0 Å². The highest BCUT2D eigenvalue weighted by atomic mass is 35.5. The molecule has 0 N–H and O–H groups in total. The van der Waals surface area contributed by atoms with E-state index in [9.17, 15) is 0 Å². The molecule has 1 saturated heterocycles. The Balaban J connectivity index is 1.89. The van der Waals surface area contributed by atoms with Crippen molar-refractivity contribution in [2.75, 3.05) is 13.2 Å². The molecular formula is C13H13ClN2O2. The second kappa shape index (κ2) is 4.71. The minimum atomic E-state index is 0.253. The highest BCUT2D eigenvalue weighted by Crippen LogP contribution is 2.27. The van der Waals surface area contributed by atoms with Gasteiger partial charge < -0.3 is 9.26 Å². The van der Waals surface area contributed by atoms with E-state index in [4.69, 9.17) is 20.9 Å². The van der Waals surface area contributed by atoms with E-state index in [1.807, 2.05) is 25.1 Å². The summed E-state index contributed by atoms with van der Waals surface area (Å²) in [6.45, 7) is 3.40. The Kier molecular flexibility index (Phi) is 3.06. The summed E-state index contributed by atoms with van der Waals surface area (Å²) in [7, 11) is 0. The van der Waals surface area contributed by atoms with Crippen molar-refractivity contribution in [3.05, 3.63) is 34.6 Å². The molecular weight excluding hydrogens is 252 g/mol. The summed E-state index contributed by atoms with van der Waals surface area (Å²) in [5.41, 5.74) is 1.88. The Labute approximate surface area is 110 Å². The van der Waals surface area contributed by atoms with E-state index < -0.39 is 0 Å². The van der Waals surface area contributed by atoms with Gasteiger partial charge in [-0.1, -0.05) is 22.8 Å². The van der Waals surface area contributed by atoms with Crippen molar-refractivity contribution in [1.82, 2.24) is 10.1 Å². The molecule has 1 aliphatic heterocycles. The van der Waals surface area contributed by atoms with Crippen molar-refractivity contribution in [2.24, 2.45) is 0 Å². The third-order valence-corrected chi connectivity index (χ3v) is 3.56. The van der Waals surface area contributed by atoms with Crippen LogP contribution in [-0.4, -0.2) is 23.4 Å². The molecule has 2 aromatic rings. The molecule has 2 heterocycles. The first-order valence-electron chi connectivity index (χ1n) is 5.92. The van der Waals surface area contributed by atoms with Gasteiger partial charge in [0.15, 0.2) is 5.82 Å². The van der Waals surface area contributed by atoms with Gasteiger partial charge in [-0.3, -0.25) is 0 Å². The summed E-state index contributed by atoms with van der Waals surface area (Å²) in [5, 5.41) is 4.72. The Morgan fingerprint density at radius 2 is 2.28 bits per heavy atom. The Morgan fingerprint density at radius 1 is 1.39 bits per heavy atom. The zero-order valence-electron chi connectivity index (χ0n) is 10.0. The molecule has 1 atom stereocenters. The molecule has 0 radical (unpaired) electrons. The topological polar surface area (TPSA) is 48.2 Å². The minimum absolute atomic E-state index is 0.253. The summed E-state index contributed by atoms with van der Waals surface area (Å²) in [4.78, 5) is 4.42. The van der Waals surface area contributed by atoms with Crippen LogP contribution in [0.15, 0.2) is 22.7 Å². The number of ether oxygens (including phenoxy) is 1. The number of benzene rings is 1. The number of hydrogen-bond acceptors (Lipinski definition) is 4. The summed E-state index contributed by atoms with van der Waals surface area (Å²) in [6.07, 6.45) is 0.952. The van der Waals surface area contributed by atoms with Crippen LogP contribution in [0, 0.1) is 6.92 Å². The molecule has 94 valence electrons. The van der Waals surface area contributed by atoms with Crippen LogP contribution >= 0.6 is 11.6 Å². The maximum Gasteiger partial charge on any atom is 0.257 e. The zero-order valence-corrected chi connectivity index (χ0v) is 10.8. The predicted octanol–water partition coefficient (Wildman–Crippen LogP) is 3.20. The molecule has 1 aliphatic rings. The molecule has 0 amide bonds. The van der Waals surface area contributed by atoms with E-state index in [2.05, 4.69) is 10.1 Å². The maximum absolute atomic E-state index is 6.09. The summed E-state index contributed by atoms with van der Waals surface area (Å²) >= 11 is 6.09. The highest BCUT2D eigenvalue weighted by molar-refractivity contribution is 6.31. The lowest BCUT2D eigenvalue weighted by Crippen LogP contribution is -1.99. The van der Waals surface area contributed by atoms with Gasteiger partial charge in [-0.25, -0.2) is 0 Å². The molecule has 1 fully saturated rings. The fourth-order valence-corrected chi connectivity index (χ4v) is 2.16. The number of aromatic nitrogens is 2. The molecule has 4 nitrogen and oxygen atoms in total. The molecule has 18 heavy (non-hydrogen) atoms. The minimum Gasteiger partial charge on any atom is -0.381 e. The van der Waals surface area contributed by atoms with E-state index in [1.165, 1.54) is 0 Å². The SMILES string of the molecule is Cc1ccc(-c2nc([C@@H]3CCOC3)no2)cc1Cl.